The molecule has 0 radical (unpaired) electrons. The first-order valence-corrected chi connectivity index (χ1v) is 4.38. The molecule has 1 N–H and O–H groups in total. The van der Waals surface area contributed by atoms with Gasteiger partial charge in [-0.1, -0.05) is 12.1 Å². The molecule has 3 heteroatoms. The van der Waals surface area contributed by atoms with Crippen LogP contribution in [0.1, 0.15) is 23.1 Å². The van der Waals surface area contributed by atoms with Crippen molar-refractivity contribution in [3.8, 4) is 0 Å². The van der Waals surface area contributed by atoms with Crippen LogP contribution >= 0.6 is 0 Å². The van der Waals surface area contributed by atoms with Gasteiger partial charge in [0.1, 0.15) is 0 Å². The lowest BCUT2D eigenvalue weighted by molar-refractivity contribution is 0.151. The maximum absolute atomic E-state index is 12.3. The Bertz CT molecular complexity index is 310. The second-order valence-corrected chi connectivity index (χ2v) is 3.26. The second-order valence-electron chi connectivity index (χ2n) is 3.26. The summed E-state index contributed by atoms with van der Waals surface area (Å²) in [7, 11) is 0. The Morgan fingerprint density at radius 1 is 1.23 bits per heavy atom. The second kappa shape index (κ2) is 3.42. The van der Waals surface area contributed by atoms with Gasteiger partial charge in [0.25, 0.3) is 6.43 Å². The molecule has 0 amide bonds. The van der Waals surface area contributed by atoms with Gasteiger partial charge in [-0.3, -0.25) is 0 Å². The third kappa shape index (κ3) is 1.70. The summed E-state index contributed by atoms with van der Waals surface area (Å²) in [5, 5.41) is 3.20. The summed E-state index contributed by atoms with van der Waals surface area (Å²) in [5.41, 5.74) is 2.35. The quantitative estimate of drug-likeness (QED) is 0.704. The first kappa shape index (κ1) is 8.63. The predicted molar refractivity (Wildman–Crippen MR) is 46.8 cm³/mol. The van der Waals surface area contributed by atoms with Gasteiger partial charge in [0, 0.05) is 12.1 Å². The fraction of sp³-hybridized carbons (Fsp3) is 0.400. The molecule has 2 rings (SSSR count). The molecule has 70 valence electrons. The van der Waals surface area contributed by atoms with E-state index in [2.05, 4.69) is 5.32 Å². The number of nitrogens with one attached hydrogen (secondary N) is 1. The third-order valence-corrected chi connectivity index (χ3v) is 2.37. The first-order chi connectivity index (χ1) is 6.27. The Hall–Kier alpha value is -0.960. The van der Waals surface area contributed by atoms with Crippen molar-refractivity contribution in [1.29, 1.82) is 0 Å². The summed E-state index contributed by atoms with van der Waals surface area (Å²) < 4.78 is 24.6. The lowest BCUT2D eigenvalue weighted by Crippen LogP contribution is -2.23. The van der Waals surface area contributed by atoms with Gasteiger partial charge in [0.05, 0.1) is 0 Å². The molecule has 0 spiro atoms. The molecule has 0 aliphatic carbocycles. The minimum absolute atomic E-state index is 0.139. The van der Waals surface area contributed by atoms with E-state index < -0.39 is 6.43 Å². The van der Waals surface area contributed by atoms with Crippen LogP contribution in [0.15, 0.2) is 18.2 Å². The molecule has 1 heterocycles. The Labute approximate surface area is 75.8 Å². The standard InChI is InChI=1S/C10H11F2N/c11-10(12)8-1-2-9-6-13-4-3-7(9)5-8/h1-2,5,10,13H,3-4,6H2. The van der Waals surface area contributed by atoms with Crippen LogP contribution in [0.25, 0.3) is 0 Å². The molecule has 0 fully saturated rings. The van der Waals surface area contributed by atoms with E-state index in [0.717, 1.165) is 30.6 Å². The predicted octanol–water partition coefficient (Wildman–Crippen LogP) is 2.27. The maximum Gasteiger partial charge on any atom is 0.263 e. The average Bonchev–Trinajstić information content (AvgIpc) is 2.17. The molecule has 13 heavy (non-hydrogen) atoms. The van der Waals surface area contributed by atoms with Gasteiger partial charge in [0.2, 0.25) is 0 Å². The first-order valence-electron chi connectivity index (χ1n) is 4.38. The van der Waals surface area contributed by atoms with E-state index in [1.807, 2.05) is 0 Å². The molecule has 0 aromatic heterocycles. The highest BCUT2D eigenvalue weighted by Gasteiger charge is 2.12. The van der Waals surface area contributed by atoms with Crippen molar-refractivity contribution in [2.45, 2.75) is 19.4 Å². The van der Waals surface area contributed by atoms with E-state index in [0.29, 0.717) is 0 Å². The average molecular weight is 183 g/mol. The van der Waals surface area contributed by atoms with Crippen LogP contribution in [-0.4, -0.2) is 6.54 Å². The third-order valence-electron chi connectivity index (χ3n) is 2.37. The number of hydrogen-bond acceptors (Lipinski definition) is 1. The Kier molecular flexibility index (Phi) is 2.27. The van der Waals surface area contributed by atoms with E-state index in [-0.39, 0.29) is 5.56 Å². The Morgan fingerprint density at radius 2 is 2.08 bits per heavy atom. The number of hydrogen-bond donors (Lipinski definition) is 1. The highest BCUT2D eigenvalue weighted by Crippen LogP contribution is 2.23. The van der Waals surface area contributed by atoms with E-state index in [1.54, 1.807) is 12.1 Å². The molecule has 1 aromatic rings. The van der Waals surface area contributed by atoms with Crippen LogP contribution < -0.4 is 5.32 Å². The number of halogens is 2. The SMILES string of the molecule is FC(F)c1ccc2c(c1)CCNC2. The van der Waals surface area contributed by atoms with Gasteiger partial charge in [0.15, 0.2) is 0 Å². The molecule has 0 saturated carbocycles. The van der Waals surface area contributed by atoms with Gasteiger partial charge in [-0.15, -0.1) is 0 Å². The monoisotopic (exact) mass is 183 g/mol. The summed E-state index contributed by atoms with van der Waals surface area (Å²) in [6.45, 7) is 1.69. The minimum atomic E-state index is -2.35. The van der Waals surface area contributed by atoms with Gasteiger partial charge in [-0.05, 0) is 30.2 Å². The lowest BCUT2D eigenvalue weighted by atomic mass is 9.99. The summed E-state index contributed by atoms with van der Waals surface area (Å²) in [4.78, 5) is 0. The summed E-state index contributed by atoms with van der Waals surface area (Å²) in [6.07, 6.45) is -1.49. The smallest absolute Gasteiger partial charge is 0.263 e. The van der Waals surface area contributed by atoms with Gasteiger partial charge >= 0.3 is 0 Å². The fourth-order valence-electron chi connectivity index (χ4n) is 1.63. The number of rotatable bonds is 1. The molecule has 0 atom stereocenters. The van der Waals surface area contributed by atoms with Gasteiger partial charge in [-0.25, -0.2) is 8.78 Å². The van der Waals surface area contributed by atoms with Crippen molar-refractivity contribution in [3.63, 3.8) is 0 Å². The van der Waals surface area contributed by atoms with Crippen molar-refractivity contribution in [3.05, 3.63) is 34.9 Å². The minimum Gasteiger partial charge on any atom is -0.312 e. The van der Waals surface area contributed by atoms with E-state index in [1.165, 1.54) is 6.07 Å². The summed E-state index contributed by atoms with van der Waals surface area (Å²) >= 11 is 0. The van der Waals surface area contributed by atoms with Crippen LogP contribution in [0.2, 0.25) is 0 Å². The summed E-state index contributed by atoms with van der Waals surface area (Å²) in [5.74, 6) is 0. The zero-order valence-electron chi connectivity index (χ0n) is 7.19. The van der Waals surface area contributed by atoms with Crippen LogP contribution in [0.3, 0.4) is 0 Å². The van der Waals surface area contributed by atoms with Gasteiger partial charge < -0.3 is 5.32 Å². The van der Waals surface area contributed by atoms with Crippen molar-refractivity contribution in [1.82, 2.24) is 5.32 Å². The summed E-state index contributed by atoms with van der Waals surface area (Å²) in [6, 6.07) is 4.93. The molecule has 0 saturated heterocycles. The Balaban J connectivity index is 2.35. The maximum atomic E-state index is 12.3. The molecule has 1 aromatic carbocycles. The highest BCUT2D eigenvalue weighted by atomic mass is 19.3. The van der Waals surface area contributed by atoms with Crippen molar-refractivity contribution >= 4 is 0 Å². The highest BCUT2D eigenvalue weighted by molar-refractivity contribution is 5.34. The van der Waals surface area contributed by atoms with E-state index >= 15 is 0 Å². The zero-order chi connectivity index (χ0) is 9.26. The lowest BCUT2D eigenvalue weighted by Gasteiger charge is -2.17. The molecular weight excluding hydrogens is 172 g/mol. The number of alkyl halides is 2. The molecule has 0 unspecified atom stereocenters. The van der Waals surface area contributed by atoms with E-state index in [4.69, 9.17) is 0 Å². The Morgan fingerprint density at radius 3 is 2.85 bits per heavy atom. The number of fused-ring (bicyclic) bond motifs is 1. The molecular formula is C10H11F2N. The van der Waals surface area contributed by atoms with Crippen LogP contribution in [-0.2, 0) is 13.0 Å². The van der Waals surface area contributed by atoms with Crippen LogP contribution in [0, 0.1) is 0 Å². The zero-order valence-corrected chi connectivity index (χ0v) is 7.19. The number of benzene rings is 1. The van der Waals surface area contributed by atoms with Crippen molar-refractivity contribution in [2.24, 2.45) is 0 Å². The van der Waals surface area contributed by atoms with Crippen LogP contribution in [0.5, 0.6) is 0 Å². The molecule has 0 bridgehead atoms. The van der Waals surface area contributed by atoms with Crippen LogP contribution in [0.4, 0.5) is 8.78 Å². The van der Waals surface area contributed by atoms with Gasteiger partial charge in [-0.2, -0.15) is 0 Å². The largest absolute Gasteiger partial charge is 0.312 e. The normalized spacial score (nSPS) is 15.9. The molecule has 1 aliphatic heterocycles. The molecule has 1 nitrogen and oxygen atoms in total. The fourth-order valence-corrected chi connectivity index (χ4v) is 1.63. The van der Waals surface area contributed by atoms with E-state index in [9.17, 15) is 8.78 Å². The van der Waals surface area contributed by atoms with Crippen molar-refractivity contribution < 1.29 is 8.78 Å². The van der Waals surface area contributed by atoms with Crippen molar-refractivity contribution in [2.75, 3.05) is 6.54 Å². The molecule has 1 aliphatic rings. The topological polar surface area (TPSA) is 12.0 Å².